The van der Waals surface area contributed by atoms with Crippen LogP contribution in [-0.4, -0.2) is 5.11 Å². The lowest BCUT2D eigenvalue weighted by atomic mass is 9.95. The summed E-state index contributed by atoms with van der Waals surface area (Å²) < 4.78 is 0.955. The maximum Gasteiger partial charge on any atom is 0.105 e. The van der Waals surface area contributed by atoms with E-state index in [-0.39, 0.29) is 0 Å². The molecule has 0 saturated heterocycles. The van der Waals surface area contributed by atoms with E-state index in [1.54, 1.807) is 0 Å². The van der Waals surface area contributed by atoms with Gasteiger partial charge in [-0.3, -0.25) is 0 Å². The molecule has 94 valence electrons. The van der Waals surface area contributed by atoms with Crippen LogP contribution >= 0.6 is 15.9 Å². The van der Waals surface area contributed by atoms with Gasteiger partial charge in [0.25, 0.3) is 0 Å². The fraction of sp³-hybridized carbons (Fsp3) is 0.250. The van der Waals surface area contributed by atoms with Crippen molar-refractivity contribution in [2.24, 2.45) is 0 Å². The van der Waals surface area contributed by atoms with Gasteiger partial charge in [0.05, 0.1) is 0 Å². The van der Waals surface area contributed by atoms with E-state index in [4.69, 9.17) is 0 Å². The zero-order valence-corrected chi connectivity index (χ0v) is 12.5. The van der Waals surface area contributed by atoms with Crippen LogP contribution in [0.1, 0.15) is 33.9 Å². The first-order valence-corrected chi connectivity index (χ1v) is 6.79. The molecule has 0 bridgehead atoms. The van der Waals surface area contributed by atoms with Crippen molar-refractivity contribution in [3.8, 4) is 0 Å². The summed E-state index contributed by atoms with van der Waals surface area (Å²) in [5.74, 6) is 0. The molecule has 0 saturated carbocycles. The van der Waals surface area contributed by atoms with Crippen LogP contribution in [0.4, 0.5) is 0 Å². The quantitative estimate of drug-likeness (QED) is 0.868. The average molecular weight is 305 g/mol. The molecule has 0 aliphatic carbocycles. The van der Waals surface area contributed by atoms with Crippen molar-refractivity contribution in [2.75, 3.05) is 0 Å². The van der Waals surface area contributed by atoms with Gasteiger partial charge in [0.15, 0.2) is 0 Å². The van der Waals surface area contributed by atoms with Gasteiger partial charge in [-0.25, -0.2) is 0 Å². The summed E-state index contributed by atoms with van der Waals surface area (Å²) in [6, 6.07) is 12.2. The first-order valence-electron chi connectivity index (χ1n) is 6.00. The second-order valence-electron chi connectivity index (χ2n) is 4.79. The summed E-state index contributed by atoms with van der Waals surface area (Å²) in [5, 5.41) is 10.5. The van der Waals surface area contributed by atoms with Crippen LogP contribution in [0.5, 0.6) is 0 Å². The van der Waals surface area contributed by atoms with Gasteiger partial charge in [0.1, 0.15) is 6.10 Å². The Kier molecular flexibility index (Phi) is 3.88. The molecule has 0 amide bonds. The molecule has 0 aliphatic heterocycles. The lowest BCUT2D eigenvalue weighted by Gasteiger charge is -2.16. The Morgan fingerprint density at radius 1 is 0.889 bits per heavy atom. The maximum atomic E-state index is 10.5. The molecule has 1 N–H and O–H groups in total. The molecule has 2 rings (SSSR count). The Morgan fingerprint density at radius 2 is 1.50 bits per heavy atom. The molecule has 2 aromatic carbocycles. The monoisotopic (exact) mass is 304 g/mol. The number of hydrogen-bond donors (Lipinski definition) is 1. The first-order chi connectivity index (χ1) is 8.49. The number of aliphatic hydroxyl groups is 1. The van der Waals surface area contributed by atoms with E-state index >= 15 is 0 Å². The van der Waals surface area contributed by atoms with Gasteiger partial charge in [-0.2, -0.15) is 0 Å². The standard InChI is InChI=1S/C16H17BrO/c1-10-4-6-12(3)14(8-10)16(18)13-7-5-11(2)9-15(13)17/h4-9,16,18H,1-3H3. The number of hydrogen-bond acceptors (Lipinski definition) is 1. The van der Waals surface area contributed by atoms with Crippen molar-refractivity contribution in [1.29, 1.82) is 0 Å². The molecular weight excluding hydrogens is 288 g/mol. The summed E-state index contributed by atoms with van der Waals surface area (Å²) in [7, 11) is 0. The molecule has 18 heavy (non-hydrogen) atoms. The van der Waals surface area contributed by atoms with E-state index in [2.05, 4.69) is 28.1 Å². The Balaban J connectivity index is 2.47. The van der Waals surface area contributed by atoms with Crippen LogP contribution in [-0.2, 0) is 0 Å². The van der Waals surface area contributed by atoms with Gasteiger partial charge in [-0.05, 0) is 49.1 Å². The van der Waals surface area contributed by atoms with Gasteiger partial charge >= 0.3 is 0 Å². The number of benzene rings is 2. The molecule has 0 aromatic heterocycles. The predicted molar refractivity (Wildman–Crippen MR) is 78.9 cm³/mol. The number of aryl methyl sites for hydroxylation is 3. The Labute approximate surface area is 117 Å². The fourth-order valence-electron chi connectivity index (χ4n) is 2.08. The van der Waals surface area contributed by atoms with Crippen LogP contribution in [0, 0.1) is 20.8 Å². The third-order valence-corrected chi connectivity index (χ3v) is 3.87. The Morgan fingerprint density at radius 3 is 2.17 bits per heavy atom. The van der Waals surface area contributed by atoms with Crippen molar-refractivity contribution >= 4 is 15.9 Å². The number of rotatable bonds is 2. The van der Waals surface area contributed by atoms with E-state index < -0.39 is 6.10 Å². The van der Waals surface area contributed by atoms with E-state index in [1.165, 1.54) is 5.56 Å². The molecule has 1 nitrogen and oxygen atoms in total. The summed E-state index contributed by atoms with van der Waals surface area (Å²) in [4.78, 5) is 0. The van der Waals surface area contributed by atoms with Gasteiger partial charge in [-0.15, -0.1) is 0 Å². The van der Waals surface area contributed by atoms with Crippen molar-refractivity contribution in [2.45, 2.75) is 26.9 Å². The molecule has 0 fully saturated rings. The van der Waals surface area contributed by atoms with Gasteiger partial charge in [-0.1, -0.05) is 51.8 Å². The highest BCUT2D eigenvalue weighted by Gasteiger charge is 2.15. The zero-order chi connectivity index (χ0) is 13.3. The van der Waals surface area contributed by atoms with E-state index in [0.717, 1.165) is 26.7 Å². The smallest absolute Gasteiger partial charge is 0.105 e. The summed E-state index contributed by atoms with van der Waals surface area (Å²) in [5.41, 5.74) is 5.34. The van der Waals surface area contributed by atoms with Crippen molar-refractivity contribution in [1.82, 2.24) is 0 Å². The van der Waals surface area contributed by atoms with Gasteiger partial charge in [0.2, 0.25) is 0 Å². The molecule has 0 radical (unpaired) electrons. The third-order valence-electron chi connectivity index (χ3n) is 3.18. The van der Waals surface area contributed by atoms with Crippen molar-refractivity contribution < 1.29 is 5.11 Å². The normalized spacial score (nSPS) is 12.5. The van der Waals surface area contributed by atoms with Crippen LogP contribution in [0.25, 0.3) is 0 Å². The third kappa shape index (κ3) is 2.65. The van der Waals surface area contributed by atoms with Crippen molar-refractivity contribution in [3.05, 3.63) is 68.7 Å². The van der Waals surface area contributed by atoms with Gasteiger partial charge in [0, 0.05) is 4.47 Å². The average Bonchev–Trinajstić information content (AvgIpc) is 2.31. The highest BCUT2D eigenvalue weighted by molar-refractivity contribution is 9.10. The summed E-state index contributed by atoms with van der Waals surface area (Å²) in [6.45, 7) is 6.11. The van der Waals surface area contributed by atoms with Crippen LogP contribution in [0.2, 0.25) is 0 Å². The topological polar surface area (TPSA) is 20.2 Å². The minimum absolute atomic E-state index is 0.583. The highest BCUT2D eigenvalue weighted by atomic mass is 79.9. The second kappa shape index (κ2) is 5.25. The van der Waals surface area contributed by atoms with E-state index in [1.807, 2.05) is 45.0 Å². The largest absolute Gasteiger partial charge is 0.384 e. The Hall–Kier alpha value is -1.12. The van der Waals surface area contributed by atoms with Crippen LogP contribution < -0.4 is 0 Å². The predicted octanol–water partition coefficient (Wildman–Crippen LogP) is 4.46. The molecule has 2 aromatic rings. The minimum atomic E-state index is -0.583. The van der Waals surface area contributed by atoms with Gasteiger partial charge < -0.3 is 5.11 Å². The van der Waals surface area contributed by atoms with Crippen LogP contribution in [0.15, 0.2) is 40.9 Å². The van der Waals surface area contributed by atoms with E-state index in [9.17, 15) is 5.11 Å². The van der Waals surface area contributed by atoms with Crippen molar-refractivity contribution in [3.63, 3.8) is 0 Å². The molecule has 0 spiro atoms. The SMILES string of the molecule is Cc1ccc(C(O)c2cc(C)ccc2C)c(Br)c1. The lowest BCUT2D eigenvalue weighted by molar-refractivity contribution is 0.218. The second-order valence-corrected chi connectivity index (χ2v) is 5.64. The molecule has 1 atom stereocenters. The summed E-state index contributed by atoms with van der Waals surface area (Å²) >= 11 is 3.53. The number of aliphatic hydroxyl groups excluding tert-OH is 1. The zero-order valence-electron chi connectivity index (χ0n) is 10.9. The van der Waals surface area contributed by atoms with Crippen LogP contribution in [0.3, 0.4) is 0 Å². The molecule has 0 aliphatic rings. The number of halogens is 1. The molecule has 1 unspecified atom stereocenters. The Bertz CT molecular complexity index is 575. The molecule has 2 heteroatoms. The van der Waals surface area contributed by atoms with E-state index in [0.29, 0.717) is 0 Å². The molecular formula is C16H17BrO. The first kappa shape index (κ1) is 13.3. The highest BCUT2D eigenvalue weighted by Crippen LogP contribution is 2.31. The molecule has 0 heterocycles. The summed E-state index contributed by atoms with van der Waals surface area (Å²) in [6.07, 6.45) is -0.583. The fourth-order valence-corrected chi connectivity index (χ4v) is 2.79. The maximum absolute atomic E-state index is 10.5. The minimum Gasteiger partial charge on any atom is -0.384 e. The lowest BCUT2D eigenvalue weighted by Crippen LogP contribution is -2.03.